The number of halogens is 2. The summed E-state index contributed by atoms with van der Waals surface area (Å²) in [7, 11) is -4.15. The average Bonchev–Trinajstić information content (AvgIpc) is 3.83. The number of aliphatic hydroxyl groups is 1. The molecule has 2 saturated heterocycles. The summed E-state index contributed by atoms with van der Waals surface area (Å²) in [6.45, 7) is 6.05. The largest absolute Gasteiger partial charge is 0.487 e. The number of fused-ring (bicyclic) bond motifs is 1. The van der Waals surface area contributed by atoms with Gasteiger partial charge in [0, 0.05) is 53.7 Å². The van der Waals surface area contributed by atoms with Crippen LogP contribution in [0.1, 0.15) is 36.9 Å². The van der Waals surface area contributed by atoms with E-state index in [4.69, 9.17) is 42.8 Å². The van der Waals surface area contributed by atoms with Crippen LogP contribution in [-0.2, 0) is 26.2 Å². The Morgan fingerprint density at radius 1 is 1.10 bits per heavy atom. The van der Waals surface area contributed by atoms with Crippen molar-refractivity contribution in [1.82, 2.24) is 29.1 Å². The minimum absolute atomic E-state index is 0.0181. The van der Waals surface area contributed by atoms with Gasteiger partial charge in [-0.25, -0.2) is 18.4 Å². The molecule has 0 radical (unpaired) electrons. The summed E-state index contributed by atoms with van der Waals surface area (Å²) in [5.41, 5.74) is 2.63. The van der Waals surface area contributed by atoms with Gasteiger partial charge in [-0.2, -0.15) is 4.31 Å². The standard InChI is InChI=1S/C35H42Cl2N6O6S/c1-24-20-30(42-15-11-38-23-42)26-4-2-6-31(34(26)40-24)49-22-27-28(36)7-8-32(33(27)37)50(46,47)43-12-3-5-29(43)35(45)39-21-25-9-13-41(14-10-25)16-18-48-19-17-44/h2,4,6-8,11,15,20,23,25,29,44H,3,5,9-10,12-14,16-19,21-22H2,1H3,(H,39,45). The maximum Gasteiger partial charge on any atom is 0.245 e. The lowest BCUT2D eigenvalue weighted by Crippen LogP contribution is -2.47. The van der Waals surface area contributed by atoms with Crippen LogP contribution in [0.2, 0.25) is 10.0 Å². The number of sulfonamides is 1. The topological polar surface area (TPSA) is 139 Å². The van der Waals surface area contributed by atoms with Gasteiger partial charge in [0.2, 0.25) is 15.9 Å². The quantitative estimate of drug-likeness (QED) is 0.177. The molecule has 4 aromatic rings. The molecule has 2 aliphatic rings. The third-order valence-corrected chi connectivity index (χ3v) is 12.2. The second-order valence-electron chi connectivity index (χ2n) is 12.7. The number of rotatable bonds is 14. The lowest BCUT2D eigenvalue weighted by molar-refractivity contribution is -0.124. The van der Waals surface area contributed by atoms with Crippen LogP contribution in [0.4, 0.5) is 0 Å². The Hall–Kier alpha value is -3.30. The third kappa shape index (κ3) is 8.09. The average molecular weight is 746 g/mol. The summed E-state index contributed by atoms with van der Waals surface area (Å²) >= 11 is 13.4. The number of para-hydroxylation sites is 1. The first-order chi connectivity index (χ1) is 24.2. The summed E-state index contributed by atoms with van der Waals surface area (Å²) < 4.78 is 42.9. The second-order valence-corrected chi connectivity index (χ2v) is 15.3. The number of benzene rings is 2. The number of pyridine rings is 1. The Balaban J connectivity index is 1.12. The molecular formula is C35H42Cl2N6O6S. The molecule has 2 aromatic heterocycles. The highest BCUT2D eigenvalue weighted by Crippen LogP contribution is 2.37. The molecule has 2 aromatic carbocycles. The van der Waals surface area contributed by atoms with E-state index in [0.717, 1.165) is 49.2 Å². The highest BCUT2D eigenvalue weighted by atomic mass is 35.5. The first-order valence-corrected chi connectivity index (χ1v) is 19.1. The number of likely N-dealkylation sites (tertiary alicyclic amines) is 1. The fraction of sp³-hybridized carbons (Fsp3) is 0.457. The van der Waals surface area contributed by atoms with Crippen LogP contribution in [0.25, 0.3) is 16.6 Å². The molecule has 0 aliphatic carbocycles. The van der Waals surface area contributed by atoms with Gasteiger partial charge >= 0.3 is 0 Å². The van der Waals surface area contributed by atoms with Crippen molar-refractivity contribution >= 4 is 50.0 Å². The number of aliphatic hydroxyl groups excluding tert-OH is 1. The van der Waals surface area contributed by atoms with E-state index in [-0.39, 0.29) is 40.6 Å². The molecule has 0 saturated carbocycles. The van der Waals surface area contributed by atoms with E-state index in [9.17, 15) is 13.2 Å². The Morgan fingerprint density at radius 2 is 1.92 bits per heavy atom. The zero-order chi connectivity index (χ0) is 35.3. The number of carbonyl (C=O) groups is 1. The highest BCUT2D eigenvalue weighted by Gasteiger charge is 2.41. The minimum Gasteiger partial charge on any atom is -0.487 e. The van der Waals surface area contributed by atoms with E-state index >= 15 is 0 Å². The molecule has 12 nitrogen and oxygen atoms in total. The summed E-state index contributed by atoms with van der Waals surface area (Å²) in [5, 5.41) is 13.0. The zero-order valence-electron chi connectivity index (χ0n) is 27.9. The molecule has 15 heteroatoms. The maximum absolute atomic E-state index is 14.1. The van der Waals surface area contributed by atoms with Crippen molar-refractivity contribution in [2.45, 2.75) is 50.2 Å². The second kappa shape index (κ2) is 16.4. The van der Waals surface area contributed by atoms with Gasteiger partial charge in [0.15, 0.2) is 0 Å². The maximum atomic E-state index is 14.1. The molecule has 1 atom stereocenters. The lowest BCUT2D eigenvalue weighted by atomic mass is 9.96. The van der Waals surface area contributed by atoms with Crippen LogP contribution in [0, 0.1) is 12.8 Å². The van der Waals surface area contributed by atoms with Crippen molar-refractivity contribution in [2.75, 3.05) is 52.5 Å². The Bertz CT molecular complexity index is 1900. The van der Waals surface area contributed by atoms with Crippen molar-refractivity contribution in [3.05, 3.63) is 76.4 Å². The van der Waals surface area contributed by atoms with Gasteiger partial charge in [0.05, 0.1) is 36.9 Å². The number of piperidine rings is 1. The SMILES string of the molecule is Cc1cc(-n2ccnc2)c2cccc(OCc3c(Cl)ccc(S(=O)(=O)N4CCCC4C(=O)NCC4CCN(CCOCCO)CC4)c3Cl)c2n1. The number of nitrogens with zero attached hydrogens (tertiary/aromatic N) is 5. The molecule has 268 valence electrons. The molecular weight excluding hydrogens is 703 g/mol. The number of nitrogens with one attached hydrogen (secondary N) is 1. The van der Waals surface area contributed by atoms with Crippen molar-refractivity contribution in [3.63, 3.8) is 0 Å². The number of imidazole rings is 1. The normalized spacial score (nSPS) is 17.8. The molecule has 2 fully saturated rings. The molecule has 6 rings (SSSR count). The summed E-state index contributed by atoms with van der Waals surface area (Å²) in [6, 6.07) is 9.62. The van der Waals surface area contributed by atoms with E-state index in [1.165, 1.54) is 16.4 Å². The molecule has 0 spiro atoms. The van der Waals surface area contributed by atoms with Gasteiger partial charge in [0.25, 0.3) is 0 Å². The fourth-order valence-electron chi connectivity index (χ4n) is 6.67. The van der Waals surface area contributed by atoms with Crippen molar-refractivity contribution in [2.24, 2.45) is 5.92 Å². The predicted molar refractivity (Wildman–Crippen MR) is 191 cm³/mol. The Morgan fingerprint density at radius 3 is 2.68 bits per heavy atom. The number of aromatic nitrogens is 3. The fourth-order valence-corrected chi connectivity index (χ4v) is 9.19. The third-order valence-electron chi connectivity index (χ3n) is 9.37. The number of aryl methyl sites for hydroxylation is 1. The first-order valence-electron chi connectivity index (χ1n) is 16.9. The zero-order valence-corrected chi connectivity index (χ0v) is 30.3. The molecule has 1 amide bonds. The smallest absolute Gasteiger partial charge is 0.245 e. The van der Waals surface area contributed by atoms with E-state index in [1.807, 2.05) is 35.9 Å². The number of amides is 1. The number of carbonyl (C=O) groups excluding carboxylic acids is 1. The van der Waals surface area contributed by atoms with Gasteiger partial charge in [-0.05, 0) is 75.9 Å². The Kier molecular flexibility index (Phi) is 11.9. The summed E-state index contributed by atoms with van der Waals surface area (Å²) in [4.78, 5) is 24.5. The summed E-state index contributed by atoms with van der Waals surface area (Å²) in [5.74, 6) is 0.502. The molecule has 1 unspecified atom stereocenters. The van der Waals surface area contributed by atoms with Gasteiger partial charge in [-0.3, -0.25) is 4.79 Å². The highest BCUT2D eigenvalue weighted by molar-refractivity contribution is 7.89. The lowest BCUT2D eigenvalue weighted by Gasteiger charge is -2.32. The summed E-state index contributed by atoms with van der Waals surface area (Å²) in [6.07, 6.45) is 8.11. The van der Waals surface area contributed by atoms with Crippen LogP contribution < -0.4 is 10.1 Å². The monoisotopic (exact) mass is 744 g/mol. The van der Waals surface area contributed by atoms with Gasteiger partial charge in [0.1, 0.15) is 28.8 Å². The molecule has 50 heavy (non-hydrogen) atoms. The number of hydrogen-bond acceptors (Lipinski definition) is 9. The van der Waals surface area contributed by atoms with E-state index < -0.39 is 16.1 Å². The first kappa shape index (κ1) is 36.5. The van der Waals surface area contributed by atoms with Gasteiger partial charge in [-0.1, -0.05) is 35.3 Å². The van der Waals surface area contributed by atoms with Crippen LogP contribution in [0.3, 0.4) is 0 Å². The van der Waals surface area contributed by atoms with Crippen LogP contribution in [0.15, 0.2) is 60.0 Å². The number of ether oxygens (including phenoxy) is 2. The van der Waals surface area contributed by atoms with Crippen molar-refractivity contribution in [1.29, 1.82) is 0 Å². The van der Waals surface area contributed by atoms with Crippen LogP contribution >= 0.6 is 23.2 Å². The van der Waals surface area contributed by atoms with Gasteiger partial charge < -0.3 is 29.4 Å². The van der Waals surface area contributed by atoms with Crippen molar-refractivity contribution in [3.8, 4) is 11.4 Å². The molecule has 0 bridgehead atoms. The predicted octanol–water partition coefficient (Wildman–Crippen LogP) is 4.60. The molecule has 2 aliphatic heterocycles. The van der Waals surface area contributed by atoms with E-state index in [0.29, 0.717) is 55.3 Å². The van der Waals surface area contributed by atoms with Crippen molar-refractivity contribution < 1.29 is 27.8 Å². The van der Waals surface area contributed by atoms with E-state index in [1.54, 1.807) is 18.6 Å². The van der Waals surface area contributed by atoms with Crippen LogP contribution in [-0.4, -0.2) is 102 Å². The molecule has 4 heterocycles. The van der Waals surface area contributed by atoms with Crippen LogP contribution in [0.5, 0.6) is 5.75 Å². The number of hydrogen-bond donors (Lipinski definition) is 2. The van der Waals surface area contributed by atoms with Gasteiger partial charge in [-0.15, -0.1) is 0 Å². The molecule has 2 N–H and O–H groups in total. The van der Waals surface area contributed by atoms with E-state index in [2.05, 4.69) is 15.2 Å². The minimum atomic E-state index is -4.15. The Labute approximate surface area is 302 Å².